The van der Waals surface area contributed by atoms with Crippen molar-refractivity contribution in [3.05, 3.63) is 12.2 Å². The van der Waals surface area contributed by atoms with Crippen LogP contribution in [0.2, 0.25) is 13.1 Å². The molecule has 1 unspecified atom stereocenters. The molecule has 0 heterocycles. The van der Waals surface area contributed by atoms with Gasteiger partial charge in [0.25, 0.3) is 0 Å². The summed E-state index contributed by atoms with van der Waals surface area (Å²) in [6.45, 7) is 8.57. The van der Waals surface area contributed by atoms with Gasteiger partial charge in [-0.15, -0.1) is 0 Å². The zero-order chi connectivity index (χ0) is 7.98. The highest BCUT2D eigenvalue weighted by molar-refractivity contribution is 6.48. The van der Waals surface area contributed by atoms with Crippen LogP contribution in [0.5, 0.6) is 0 Å². The lowest BCUT2D eigenvalue weighted by molar-refractivity contribution is 0.229. The Kier molecular flexibility index (Phi) is 5.64. The minimum absolute atomic E-state index is 0.419. The molecule has 1 atom stereocenters. The normalized spacial score (nSPS) is 14.9. The average Bonchev–Trinajstić information content (AvgIpc) is 1.82. The van der Waals surface area contributed by atoms with Crippen LogP contribution >= 0.6 is 0 Å². The summed E-state index contributed by atoms with van der Waals surface area (Å²) in [6.07, 6.45) is 5.70. The maximum absolute atomic E-state index is 5.64. The van der Waals surface area contributed by atoms with Crippen molar-refractivity contribution >= 4 is 9.04 Å². The van der Waals surface area contributed by atoms with Gasteiger partial charge in [-0.2, -0.15) is 0 Å². The van der Waals surface area contributed by atoms with Gasteiger partial charge >= 0.3 is 0 Å². The van der Waals surface area contributed by atoms with Crippen LogP contribution in [0.15, 0.2) is 12.2 Å². The van der Waals surface area contributed by atoms with Crippen molar-refractivity contribution in [1.29, 1.82) is 0 Å². The molecule has 0 fully saturated rings. The van der Waals surface area contributed by atoms with Gasteiger partial charge in [-0.3, -0.25) is 0 Å². The Morgan fingerprint density at radius 3 is 2.50 bits per heavy atom. The number of hydrogen-bond donors (Lipinski definition) is 0. The molecule has 0 rings (SSSR count). The van der Waals surface area contributed by atoms with Crippen molar-refractivity contribution in [2.75, 3.05) is 0 Å². The van der Waals surface area contributed by atoms with Crippen molar-refractivity contribution in [1.82, 2.24) is 0 Å². The summed E-state index contributed by atoms with van der Waals surface area (Å²) in [4.78, 5) is 0. The van der Waals surface area contributed by atoms with Gasteiger partial charge in [-0.05, 0) is 33.4 Å². The SMILES string of the molecule is CC=CCC(C)O[SiH](C)C. The minimum Gasteiger partial charge on any atom is -0.418 e. The first-order valence-corrected chi connectivity index (χ1v) is 6.71. The fraction of sp³-hybridized carbons (Fsp3) is 0.750. The van der Waals surface area contributed by atoms with E-state index in [9.17, 15) is 0 Å². The Morgan fingerprint density at radius 1 is 1.50 bits per heavy atom. The lowest BCUT2D eigenvalue weighted by Gasteiger charge is -2.13. The molecule has 0 aromatic heterocycles. The van der Waals surface area contributed by atoms with E-state index in [1.165, 1.54) is 0 Å². The lowest BCUT2D eigenvalue weighted by Crippen LogP contribution is -2.16. The highest BCUT2D eigenvalue weighted by Gasteiger charge is 2.01. The third-order valence-corrected chi connectivity index (χ3v) is 2.22. The molecule has 10 heavy (non-hydrogen) atoms. The van der Waals surface area contributed by atoms with Gasteiger partial charge in [-0.1, -0.05) is 12.2 Å². The van der Waals surface area contributed by atoms with Gasteiger partial charge in [0.05, 0.1) is 0 Å². The van der Waals surface area contributed by atoms with Crippen LogP contribution in [0.4, 0.5) is 0 Å². The maximum Gasteiger partial charge on any atom is 0.171 e. The van der Waals surface area contributed by atoms with E-state index in [4.69, 9.17) is 4.43 Å². The van der Waals surface area contributed by atoms with Crippen LogP contribution in [0, 0.1) is 0 Å². The van der Waals surface area contributed by atoms with Crippen molar-refractivity contribution < 1.29 is 4.43 Å². The van der Waals surface area contributed by atoms with Gasteiger partial charge < -0.3 is 4.43 Å². The molecule has 0 radical (unpaired) electrons. The molecule has 0 amide bonds. The monoisotopic (exact) mass is 158 g/mol. The molecule has 1 nitrogen and oxygen atoms in total. The zero-order valence-corrected chi connectivity index (χ0v) is 8.58. The molecule has 0 bridgehead atoms. The second kappa shape index (κ2) is 5.68. The quantitative estimate of drug-likeness (QED) is 0.451. The molecule has 60 valence electrons. The highest BCUT2D eigenvalue weighted by Crippen LogP contribution is 2.00. The molecule has 0 aliphatic heterocycles. The van der Waals surface area contributed by atoms with E-state index in [-0.39, 0.29) is 0 Å². The zero-order valence-electron chi connectivity index (χ0n) is 7.42. The topological polar surface area (TPSA) is 9.23 Å². The van der Waals surface area contributed by atoms with E-state index >= 15 is 0 Å². The average molecular weight is 158 g/mol. The Bertz CT molecular complexity index is 99.4. The molecule has 0 aliphatic carbocycles. The van der Waals surface area contributed by atoms with Crippen LogP contribution in [-0.2, 0) is 4.43 Å². The molecule has 0 saturated heterocycles. The number of rotatable bonds is 4. The van der Waals surface area contributed by atoms with E-state index in [2.05, 4.69) is 32.2 Å². The van der Waals surface area contributed by atoms with Crippen LogP contribution in [-0.4, -0.2) is 15.1 Å². The van der Waals surface area contributed by atoms with Gasteiger partial charge in [0.2, 0.25) is 0 Å². The molecule has 0 saturated carbocycles. The fourth-order valence-corrected chi connectivity index (χ4v) is 1.89. The molecule has 0 aromatic carbocycles. The Labute approximate surface area is 65.8 Å². The van der Waals surface area contributed by atoms with E-state index < -0.39 is 9.04 Å². The largest absolute Gasteiger partial charge is 0.418 e. The molecule has 2 heteroatoms. The predicted molar refractivity (Wildman–Crippen MR) is 48.9 cm³/mol. The lowest BCUT2D eigenvalue weighted by atomic mass is 10.3. The summed E-state index contributed by atoms with van der Waals surface area (Å²) in [5.74, 6) is 0. The van der Waals surface area contributed by atoms with Gasteiger partial charge in [-0.25, -0.2) is 0 Å². The number of hydrogen-bond acceptors (Lipinski definition) is 1. The van der Waals surface area contributed by atoms with Gasteiger partial charge in [0, 0.05) is 6.10 Å². The van der Waals surface area contributed by atoms with E-state index in [1.807, 2.05) is 6.92 Å². The summed E-state index contributed by atoms with van der Waals surface area (Å²) >= 11 is 0. The van der Waals surface area contributed by atoms with Crippen LogP contribution in [0.1, 0.15) is 20.3 Å². The second-order valence-electron chi connectivity index (χ2n) is 2.80. The van der Waals surface area contributed by atoms with E-state index in [0.717, 1.165) is 6.42 Å². The van der Waals surface area contributed by atoms with Crippen LogP contribution in [0.3, 0.4) is 0 Å². The molecule has 0 N–H and O–H groups in total. The predicted octanol–water partition coefficient (Wildman–Crippen LogP) is 2.34. The first kappa shape index (κ1) is 9.92. The first-order chi connectivity index (χ1) is 4.66. The second-order valence-corrected chi connectivity index (χ2v) is 5.17. The third-order valence-electron chi connectivity index (χ3n) is 1.21. The van der Waals surface area contributed by atoms with Crippen LogP contribution in [0.25, 0.3) is 0 Å². The van der Waals surface area contributed by atoms with Crippen molar-refractivity contribution in [2.24, 2.45) is 0 Å². The molecule has 0 aromatic rings. The standard InChI is InChI=1S/C8H18OSi/c1-5-6-7-8(2)9-10(3)4/h5-6,8,10H,7H2,1-4H3. The smallest absolute Gasteiger partial charge is 0.171 e. The highest BCUT2D eigenvalue weighted by atomic mass is 28.3. The Morgan fingerprint density at radius 2 is 2.10 bits per heavy atom. The van der Waals surface area contributed by atoms with Gasteiger partial charge in [0.15, 0.2) is 9.04 Å². The summed E-state index contributed by atoms with van der Waals surface area (Å²) < 4.78 is 5.64. The summed E-state index contributed by atoms with van der Waals surface area (Å²) in [5, 5.41) is 0. The van der Waals surface area contributed by atoms with E-state index in [1.54, 1.807) is 0 Å². The van der Waals surface area contributed by atoms with Crippen molar-refractivity contribution in [3.8, 4) is 0 Å². The summed E-state index contributed by atoms with van der Waals surface area (Å²) in [5.41, 5.74) is 0. The van der Waals surface area contributed by atoms with Crippen molar-refractivity contribution in [3.63, 3.8) is 0 Å². The fourth-order valence-electron chi connectivity index (χ4n) is 0.848. The molecule has 0 spiro atoms. The number of allylic oxidation sites excluding steroid dienone is 1. The molecule has 0 aliphatic rings. The third kappa shape index (κ3) is 6.04. The van der Waals surface area contributed by atoms with E-state index in [0.29, 0.717) is 6.10 Å². The van der Waals surface area contributed by atoms with Crippen molar-refractivity contribution in [2.45, 2.75) is 39.5 Å². The molecular weight excluding hydrogens is 140 g/mol. The van der Waals surface area contributed by atoms with Crippen LogP contribution < -0.4 is 0 Å². The molecular formula is C8H18OSi. The summed E-state index contributed by atoms with van der Waals surface area (Å²) in [6, 6.07) is 0. The van der Waals surface area contributed by atoms with Gasteiger partial charge in [0.1, 0.15) is 0 Å². The Balaban J connectivity index is 3.33. The minimum atomic E-state index is -0.805. The maximum atomic E-state index is 5.64. The summed E-state index contributed by atoms with van der Waals surface area (Å²) in [7, 11) is -0.805. The first-order valence-electron chi connectivity index (χ1n) is 3.93. The Hall–Kier alpha value is -0.0831.